The molecule has 0 radical (unpaired) electrons. The van der Waals surface area contributed by atoms with Crippen molar-refractivity contribution in [2.24, 2.45) is 0 Å². The van der Waals surface area contributed by atoms with E-state index in [1.165, 1.54) is 0 Å². The van der Waals surface area contributed by atoms with E-state index in [1.54, 1.807) is 26.4 Å². The number of nitrogens with zero attached hydrogens (tertiary/aromatic N) is 2. The first-order valence-corrected chi connectivity index (χ1v) is 9.18. The van der Waals surface area contributed by atoms with Gasteiger partial charge in [0.05, 0.1) is 24.9 Å². The molecule has 0 bridgehead atoms. The van der Waals surface area contributed by atoms with Crippen LogP contribution in [0, 0.1) is 0 Å². The van der Waals surface area contributed by atoms with E-state index in [0.29, 0.717) is 24.6 Å². The summed E-state index contributed by atoms with van der Waals surface area (Å²) in [5.74, 6) is 1.31. The van der Waals surface area contributed by atoms with Gasteiger partial charge in [0.1, 0.15) is 0 Å². The Bertz CT molecular complexity index is 830. The van der Waals surface area contributed by atoms with E-state index in [4.69, 9.17) is 21.1 Å². The maximum atomic E-state index is 12.5. The lowest BCUT2D eigenvalue weighted by Crippen LogP contribution is -2.48. The van der Waals surface area contributed by atoms with E-state index in [-0.39, 0.29) is 5.91 Å². The molecular weight excluding hydrogens is 364 g/mol. The molecule has 1 heterocycles. The monoisotopic (exact) mass is 386 g/mol. The molecule has 2 aromatic carbocycles. The van der Waals surface area contributed by atoms with Gasteiger partial charge in [0.2, 0.25) is 5.91 Å². The van der Waals surface area contributed by atoms with Gasteiger partial charge < -0.3 is 19.3 Å². The van der Waals surface area contributed by atoms with Gasteiger partial charge in [0, 0.05) is 32.3 Å². The molecule has 6 heteroatoms. The lowest BCUT2D eigenvalue weighted by molar-refractivity contribution is -0.126. The molecule has 1 aliphatic heterocycles. The van der Waals surface area contributed by atoms with Crippen molar-refractivity contribution in [3.8, 4) is 11.5 Å². The normalized spacial score (nSPS) is 14.5. The lowest BCUT2D eigenvalue weighted by atomic mass is 10.1. The number of piperazine rings is 1. The predicted octanol–water partition coefficient (Wildman–Crippen LogP) is 3.72. The van der Waals surface area contributed by atoms with Gasteiger partial charge in [0.25, 0.3) is 0 Å². The Balaban J connectivity index is 1.60. The second-order valence-electron chi connectivity index (χ2n) is 6.21. The number of rotatable bonds is 5. The third-order valence-electron chi connectivity index (χ3n) is 4.61. The molecular formula is C21H23ClN2O3. The molecule has 2 aromatic rings. The largest absolute Gasteiger partial charge is 0.493 e. The predicted molar refractivity (Wildman–Crippen MR) is 109 cm³/mol. The van der Waals surface area contributed by atoms with Crippen LogP contribution >= 0.6 is 11.6 Å². The van der Waals surface area contributed by atoms with Crippen LogP contribution in [0.2, 0.25) is 5.02 Å². The zero-order chi connectivity index (χ0) is 19.2. The molecule has 0 aliphatic carbocycles. The first-order valence-electron chi connectivity index (χ1n) is 8.81. The Morgan fingerprint density at radius 2 is 1.70 bits per heavy atom. The molecule has 27 heavy (non-hydrogen) atoms. The average molecular weight is 387 g/mol. The van der Waals surface area contributed by atoms with Crippen molar-refractivity contribution in [1.82, 2.24) is 4.90 Å². The Labute approximate surface area is 164 Å². The van der Waals surface area contributed by atoms with Crippen LogP contribution in [0.25, 0.3) is 6.08 Å². The standard InChI is InChI=1S/C21H23ClN2O3/c1-26-19-9-7-16(15-20(19)27-2)8-10-21(25)24-13-11-23(12-14-24)18-6-4-3-5-17(18)22/h3-10,15H,11-14H2,1-2H3. The number of ether oxygens (including phenoxy) is 2. The summed E-state index contributed by atoms with van der Waals surface area (Å²) in [7, 11) is 3.19. The minimum atomic E-state index is 0.00333. The zero-order valence-electron chi connectivity index (χ0n) is 15.5. The zero-order valence-corrected chi connectivity index (χ0v) is 16.3. The van der Waals surface area contributed by atoms with E-state index in [0.717, 1.165) is 29.4 Å². The molecule has 0 atom stereocenters. The average Bonchev–Trinajstić information content (AvgIpc) is 2.72. The van der Waals surface area contributed by atoms with Gasteiger partial charge in [-0.3, -0.25) is 4.79 Å². The second-order valence-corrected chi connectivity index (χ2v) is 6.62. The Morgan fingerprint density at radius 1 is 1.00 bits per heavy atom. The molecule has 142 valence electrons. The number of halogens is 1. The van der Waals surface area contributed by atoms with Crippen LogP contribution in [-0.4, -0.2) is 51.2 Å². The van der Waals surface area contributed by atoms with Gasteiger partial charge in [0.15, 0.2) is 11.5 Å². The number of anilines is 1. The quantitative estimate of drug-likeness (QED) is 0.734. The number of para-hydroxylation sites is 1. The molecule has 5 nitrogen and oxygen atoms in total. The Kier molecular flexibility index (Phi) is 6.24. The van der Waals surface area contributed by atoms with Gasteiger partial charge in [-0.1, -0.05) is 29.8 Å². The number of methoxy groups -OCH3 is 2. The topological polar surface area (TPSA) is 42.0 Å². The number of hydrogen-bond acceptors (Lipinski definition) is 4. The fourth-order valence-electron chi connectivity index (χ4n) is 3.11. The van der Waals surface area contributed by atoms with Crippen molar-refractivity contribution in [2.75, 3.05) is 45.3 Å². The summed E-state index contributed by atoms with van der Waals surface area (Å²) >= 11 is 6.27. The molecule has 1 fully saturated rings. The first kappa shape index (κ1) is 19.1. The first-order chi connectivity index (χ1) is 13.1. The molecule has 1 amide bonds. The van der Waals surface area contributed by atoms with Crippen molar-refractivity contribution in [3.63, 3.8) is 0 Å². The lowest BCUT2D eigenvalue weighted by Gasteiger charge is -2.36. The second kappa shape index (κ2) is 8.82. The van der Waals surface area contributed by atoms with Gasteiger partial charge in [-0.2, -0.15) is 0 Å². The van der Waals surface area contributed by atoms with Gasteiger partial charge in [-0.25, -0.2) is 0 Å². The number of benzene rings is 2. The molecule has 0 spiro atoms. The van der Waals surface area contributed by atoms with Crippen LogP contribution in [0.3, 0.4) is 0 Å². The van der Waals surface area contributed by atoms with Crippen LogP contribution in [0.4, 0.5) is 5.69 Å². The van der Waals surface area contributed by atoms with Crippen molar-refractivity contribution >= 4 is 29.3 Å². The number of carbonyl (C=O) groups excluding carboxylic acids is 1. The maximum absolute atomic E-state index is 12.5. The third kappa shape index (κ3) is 4.55. The minimum Gasteiger partial charge on any atom is -0.493 e. The third-order valence-corrected chi connectivity index (χ3v) is 4.93. The number of carbonyl (C=O) groups is 1. The van der Waals surface area contributed by atoms with Crippen molar-refractivity contribution in [2.45, 2.75) is 0 Å². The van der Waals surface area contributed by atoms with Gasteiger partial charge in [-0.05, 0) is 35.9 Å². The molecule has 0 saturated carbocycles. The highest BCUT2D eigenvalue weighted by Crippen LogP contribution is 2.28. The van der Waals surface area contributed by atoms with Crippen molar-refractivity contribution in [1.29, 1.82) is 0 Å². The summed E-state index contributed by atoms with van der Waals surface area (Å²) in [5, 5.41) is 0.741. The molecule has 0 N–H and O–H groups in total. The number of amides is 1. The molecule has 0 aromatic heterocycles. The van der Waals surface area contributed by atoms with E-state index in [1.807, 2.05) is 47.4 Å². The van der Waals surface area contributed by atoms with E-state index >= 15 is 0 Å². The van der Waals surface area contributed by atoms with Crippen LogP contribution in [0.15, 0.2) is 48.5 Å². The maximum Gasteiger partial charge on any atom is 0.246 e. The molecule has 1 saturated heterocycles. The minimum absolute atomic E-state index is 0.00333. The highest BCUT2D eigenvalue weighted by Gasteiger charge is 2.20. The van der Waals surface area contributed by atoms with E-state index in [9.17, 15) is 4.79 Å². The van der Waals surface area contributed by atoms with Crippen molar-refractivity contribution < 1.29 is 14.3 Å². The van der Waals surface area contributed by atoms with Gasteiger partial charge >= 0.3 is 0 Å². The SMILES string of the molecule is COc1ccc(C=CC(=O)N2CCN(c3ccccc3Cl)CC2)cc1OC. The Hall–Kier alpha value is -2.66. The smallest absolute Gasteiger partial charge is 0.246 e. The summed E-state index contributed by atoms with van der Waals surface area (Å²) in [5.41, 5.74) is 1.91. The Morgan fingerprint density at radius 3 is 2.37 bits per heavy atom. The van der Waals surface area contributed by atoms with Crippen LogP contribution in [0.5, 0.6) is 11.5 Å². The van der Waals surface area contributed by atoms with Gasteiger partial charge in [-0.15, -0.1) is 0 Å². The number of hydrogen-bond donors (Lipinski definition) is 0. The molecule has 3 rings (SSSR count). The van der Waals surface area contributed by atoms with E-state index < -0.39 is 0 Å². The summed E-state index contributed by atoms with van der Waals surface area (Å²) in [6.07, 6.45) is 3.40. The van der Waals surface area contributed by atoms with E-state index in [2.05, 4.69) is 4.90 Å². The highest BCUT2D eigenvalue weighted by molar-refractivity contribution is 6.33. The molecule has 1 aliphatic rings. The van der Waals surface area contributed by atoms with Crippen LogP contribution in [0.1, 0.15) is 5.56 Å². The fraction of sp³-hybridized carbons (Fsp3) is 0.286. The summed E-state index contributed by atoms with van der Waals surface area (Å²) < 4.78 is 10.5. The summed E-state index contributed by atoms with van der Waals surface area (Å²) in [6, 6.07) is 13.4. The summed E-state index contributed by atoms with van der Waals surface area (Å²) in [4.78, 5) is 16.6. The molecule has 0 unspecified atom stereocenters. The van der Waals surface area contributed by atoms with Crippen LogP contribution in [-0.2, 0) is 4.79 Å². The van der Waals surface area contributed by atoms with Crippen molar-refractivity contribution in [3.05, 3.63) is 59.1 Å². The fourth-order valence-corrected chi connectivity index (χ4v) is 3.36. The van der Waals surface area contributed by atoms with Crippen LogP contribution < -0.4 is 14.4 Å². The highest BCUT2D eigenvalue weighted by atomic mass is 35.5. The summed E-state index contributed by atoms with van der Waals surface area (Å²) in [6.45, 7) is 2.86.